The summed E-state index contributed by atoms with van der Waals surface area (Å²) in [6.07, 6.45) is 0. The Morgan fingerprint density at radius 2 is 1.74 bits per heavy atom. The Balaban J connectivity index is 1.87. The number of aliphatic imine (C=N–C) groups is 1. The highest BCUT2D eigenvalue weighted by molar-refractivity contribution is 5.95. The fourth-order valence-corrected chi connectivity index (χ4v) is 2.13. The van der Waals surface area contributed by atoms with Crippen molar-refractivity contribution in [3.63, 3.8) is 0 Å². The van der Waals surface area contributed by atoms with E-state index in [0.29, 0.717) is 17.2 Å². The van der Waals surface area contributed by atoms with Crippen LogP contribution in [-0.2, 0) is 11.3 Å². The van der Waals surface area contributed by atoms with Crippen molar-refractivity contribution in [2.24, 2.45) is 4.99 Å². The molecular formula is C18H18F4N4O. The number of anilines is 1. The number of nitrogens with one attached hydrogen (secondary N) is 3. The average Bonchev–Trinajstić information content (AvgIpc) is 2.65. The molecule has 0 atom stereocenters. The Morgan fingerprint density at radius 3 is 2.41 bits per heavy atom. The van der Waals surface area contributed by atoms with Crippen molar-refractivity contribution in [2.75, 3.05) is 18.9 Å². The highest BCUT2D eigenvalue weighted by atomic mass is 19.2. The van der Waals surface area contributed by atoms with Crippen LogP contribution in [-0.4, -0.2) is 25.5 Å². The van der Waals surface area contributed by atoms with Crippen LogP contribution in [0.1, 0.15) is 11.1 Å². The summed E-state index contributed by atoms with van der Waals surface area (Å²) in [6, 6.07) is 6.41. The average molecular weight is 382 g/mol. The monoisotopic (exact) mass is 382 g/mol. The number of halogens is 4. The Hall–Kier alpha value is -3.10. The van der Waals surface area contributed by atoms with Crippen LogP contribution in [0.4, 0.5) is 23.2 Å². The Morgan fingerprint density at radius 1 is 1.00 bits per heavy atom. The molecule has 0 radical (unpaired) electrons. The van der Waals surface area contributed by atoms with Gasteiger partial charge in [-0.1, -0.05) is 12.1 Å². The molecule has 0 heterocycles. The standard InChI is InChI=1S/C18H18F4N4O/c1-10-3-4-11(7-13(10)20)8-24-18(23-2)25-9-15(27)26-14-6-5-12(19)16(21)17(14)22/h3-7H,8-9H2,1-2H3,(H,26,27)(H2,23,24,25). The number of carbonyl (C=O) groups excluding carboxylic acids is 1. The van der Waals surface area contributed by atoms with E-state index in [1.165, 1.54) is 13.1 Å². The molecule has 2 aromatic rings. The molecule has 0 bridgehead atoms. The first-order chi connectivity index (χ1) is 12.8. The summed E-state index contributed by atoms with van der Waals surface area (Å²) in [4.78, 5) is 15.8. The molecule has 0 aromatic heterocycles. The summed E-state index contributed by atoms with van der Waals surface area (Å²) >= 11 is 0. The zero-order valence-electron chi connectivity index (χ0n) is 14.7. The van der Waals surface area contributed by atoms with Crippen LogP contribution in [0, 0.1) is 30.2 Å². The quantitative estimate of drug-likeness (QED) is 0.323. The number of hydrogen-bond acceptors (Lipinski definition) is 2. The molecule has 0 aliphatic heterocycles. The predicted molar refractivity (Wildman–Crippen MR) is 94.3 cm³/mol. The summed E-state index contributed by atoms with van der Waals surface area (Å²) < 4.78 is 53.1. The molecule has 2 aromatic carbocycles. The maximum Gasteiger partial charge on any atom is 0.243 e. The van der Waals surface area contributed by atoms with Crippen molar-refractivity contribution in [2.45, 2.75) is 13.5 Å². The van der Waals surface area contributed by atoms with Crippen molar-refractivity contribution >= 4 is 17.6 Å². The lowest BCUT2D eigenvalue weighted by Crippen LogP contribution is -2.41. The number of benzene rings is 2. The molecule has 5 nitrogen and oxygen atoms in total. The van der Waals surface area contributed by atoms with Gasteiger partial charge in [-0.25, -0.2) is 17.6 Å². The lowest BCUT2D eigenvalue weighted by Gasteiger charge is -2.13. The van der Waals surface area contributed by atoms with E-state index in [-0.39, 0.29) is 24.9 Å². The van der Waals surface area contributed by atoms with Gasteiger partial charge in [0, 0.05) is 13.6 Å². The van der Waals surface area contributed by atoms with Crippen LogP contribution < -0.4 is 16.0 Å². The molecule has 3 N–H and O–H groups in total. The van der Waals surface area contributed by atoms with Crippen LogP contribution in [0.15, 0.2) is 35.3 Å². The second-order valence-corrected chi connectivity index (χ2v) is 5.63. The number of carbonyl (C=O) groups is 1. The van der Waals surface area contributed by atoms with Crippen LogP contribution in [0.3, 0.4) is 0 Å². The SMILES string of the molecule is CN=C(NCC(=O)Nc1ccc(F)c(F)c1F)NCc1ccc(C)c(F)c1. The first kappa shape index (κ1) is 20.2. The summed E-state index contributed by atoms with van der Waals surface area (Å²) in [6.45, 7) is 1.61. The van der Waals surface area contributed by atoms with Gasteiger partial charge in [0.1, 0.15) is 5.82 Å². The largest absolute Gasteiger partial charge is 0.352 e. The van der Waals surface area contributed by atoms with E-state index in [9.17, 15) is 22.4 Å². The minimum absolute atomic E-state index is 0.247. The third-order valence-electron chi connectivity index (χ3n) is 3.65. The van der Waals surface area contributed by atoms with Gasteiger partial charge in [0.25, 0.3) is 0 Å². The van der Waals surface area contributed by atoms with Gasteiger partial charge in [-0.3, -0.25) is 9.79 Å². The van der Waals surface area contributed by atoms with E-state index in [1.54, 1.807) is 19.1 Å². The van der Waals surface area contributed by atoms with Gasteiger partial charge >= 0.3 is 0 Å². The molecule has 2 rings (SSSR count). The summed E-state index contributed by atoms with van der Waals surface area (Å²) in [5, 5.41) is 7.69. The molecule has 0 saturated carbocycles. The number of hydrogen-bond donors (Lipinski definition) is 3. The Labute approximate surface area is 153 Å². The number of amides is 1. The Bertz CT molecular complexity index is 871. The molecule has 0 saturated heterocycles. The number of guanidine groups is 1. The molecule has 0 spiro atoms. The van der Waals surface area contributed by atoms with Crippen molar-refractivity contribution in [1.29, 1.82) is 0 Å². The van der Waals surface area contributed by atoms with E-state index < -0.39 is 29.0 Å². The van der Waals surface area contributed by atoms with E-state index in [4.69, 9.17) is 0 Å². The van der Waals surface area contributed by atoms with E-state index >= 15 is 0 Å². The van der Waals surface area contributed by atoms with Gasteiger partial charge in [0.2, 0.25) is 5.91 Å². The fraction of sp³-hybridized carbons (Fsp3) is 0.222. The van der Waals surface area contributed by atoms with E-state index in [0.717, 1.165) is 6.07 Å². The van der Waals surface area contributed by atoms with E-state index in [1.807, 2.05) is 0 Å². The van der Waals surface area contributed by atoms with Gasteiger partial charge in [0.05, 0.1) is 12.2 Å². The molecule has 27 heavy (non-hydrogen) atoms. The minimum atomic E-state index is -1.66. The smallest absolute Gasteiger partial charge is 0.243 e. The van der Waals surface area contributed by atoms with Gasteiger partial charge in [-0.15, -0.1) is 0 Å². The Kier molecular flexibility index (Phi) is 6.75. The zero-order valence-corrected chi connectivity index (χ0v) is 14.7. The minimum Gasteiger partial charge on any atom is -0.352 e. The highest BCUT2D eigenvalue weighted by Crippen LogP contribution is 2.19. The van der Waals surface area contributed by atoms with Gasteiger partial charge in [-0.2, -0.15) is 0 Å². The summed E-state index contributed by atoms with van der Waals surface area (Å²) in [5.41, 5.74) is 0.732. The highest BCUT2D eigenvalue weighted by Gasteiger charge is 2.15. The molecule has 0 aliphatic rings. The predicted octanol–water partition coefficient (Wildman–Crippen LogP) is 2.86. The molecule has 1 amide bonds. The molecule has 144 valence electrons. The van der Waals surface area contributed by atoms with Crippen LogP contribution >= 0.6 is 0 Å². The summed E-state index contributed by atoms with van der Waals surface area (Å²) in [7, 11) is 1.47. The third-order valence-corrected chi connectivity index (χ3v) is 3.65. The molecular weight excluding hydrogens is 364 g/mol. The first-order valence-electron chi connectivity index (χ1n) is 7.94. The van der Waals surface area contributed by atoms with Crippen molar-refractivity contribution in [1.82, 2.24) is 10.6 Å². The van der Waals surface area contributed by atoms with Crippen molar-refractivity contribution in [3.05, 3.63) is 64.7 Å². The topological polar surface area (TPSA) is 65.5 Å². The molecule has 0 aliphatic carbocycles. The lowest BCUT2D eigenvalue weighted by molar-refractivity contribution is -0.115. The van der Waals surface area contributed by atoms with Gasteiger partial charge in [0.15, 0.2) is 23.4 Å². The fourth-order valence-electron chi connectivity index (χ4n) is 2.13. The number of rotatable bonds is 5. The second kappa shape index (κ2) is 9.02. The van der Waals surface area contributed by atoms with Crippen LogP contribution in [0.25, 0.3) is 0 Å². The van der Waals surface area contributed by atoms with Crippen molar-refractivity contribution < 1.29 is 22.4 Å². The maximum absolute atomic E-state index is 13.5. The lowest BCUT2D eigenvalue weighted by atomic mass is 10.1. The van der Waals surface area contributed by atoms with Gasteiger partial charge < -0.3 is 16.0 Å². The molecule has 9 heteroatoms. The normalized spacial score (nSPS) is 11.3. The summed E-state index contributed by atoms with van der Waals surface area (Å²) in [5.74, 6) is -5.26. The number of aryl methyl sites for hydroxylation is 1. The third kappa shape index (κ3) is 5.44. The van der Waals surface area contributed by atoms with E-state index in [2.05, 4.69) is 20.9 Å². The number of nitrogens with zero attached hydrogens (tertiary/aromatic N) is 1. The zero-order chi connectivity index (χ0) is 20.0. The molecule has 0 fully saturated rings. The van der Waals surface area contributed by atoms with Gasteiger partial charge in [-0.05, 0) is 36.2 Å². The molecule has 0 unspecified atom stereocenters. The van der Waals surface area contributed by atoms with Crippen LogP contribution in [0.2, 0.25) is 0 Å². The first-order valence-corrected chi connectivity index (χ1v) is 7.94. The maximum atomic E-state index is 13.5. The second-order valence-electron chi connectivity index (χ2n) is 5.63. The van der Waals surface area contributed by atoms with Crippen LogP contribution in [0.5, 0.6) is 0 Å². The van der Waals surface area contributed by atoms with Crippen molar-refractivity contribution in [3.8, 4) is 0 Å².